The second kappa shape index (κ2) is 4.16. The highest BCUT2D eigenvalue weighted by molar-refractivity contribution is 7.06. The highest BCUT2D eigenvalue weighted by atomic mass is 35.5. The van der Waals surface area contributed by atoms with Crippen molar-refractivity contribution in [2.75, 3.05) is 0 Å². The molecule has 1 aromatic rings. The van der Waals surface area contributed by atoms with E-state index in [9.17, 15) is 0 Å². The first-order valence-electron chi connectivity index (χ1n) is 2.85. The molecule has 11 heavy (non-hydrogen) atoms. The van der Waals surface area contributed by atoms with E-state index in [-0.39, 0.29) is 18.4 Å². The van der Waals surface area contributed by atoms with Gasteiger partial charge in [0.05, 0.1) is 6.07 Å². The smallest absolute Gasteiger partial charge is 0.182 e. The Morgan fingerprint density at radius 1 is 1.82 bits per heavy atom. The average Bonchev–Trinajstić information content (AvgIpc) is 2.34. The molecule has 0 amide bonds. The van der Waals surface area contributed by atoms with Crippen molar-refractivity contribution in [3.63, 3.8) is 0 Å². The van der Waals surface area contributed by atoms with E-state index >= 15 is 0 Å². The van der Waals surface area contributed by atoms with Crippen LogP contribution in [0.1, 0.15) is 13.0 Å². The third-order valence-electron chi connectivity index (χ3n) is 1.24. The number of hydrogen-bond acceptors (Lipinski definition) is 3. The molecule has 1 rings (SSSR count). The van der Waals surface area contributed by atoms with Gasteiger partial charge in [0.15, 0.2) is 4.80 Å². The number of nitriles is 1. The van der Waals surface area contributed by atoms with Crippen LogP contribution in [0.5, 0.6) is 0 Å². The van der Waals surface area contributed by atoms with Crippen LogP contribution in [0, 0.1) is 16.7 Å². The van der Waals surface area contributed by atoms with Crippen LogP contribution >= 0.6 is 23.7 Å². The maximum atomic E-state index is 8.48. The van der Waals surface area contributed by atoms with Gasteiger partial charge in [-0.2, -0.15) is 5.26 Å². The van der Waals surface area contributed by atoms with Crippen LogP contribution in [0.4, 0.5) is 0 Å². The molecule has 1 unspecified atom stereocenters. The van der Waals surface area contributed by atoms with Gasteiger partial charge in [0.2, 0.25) is 0 Å². The first kappa shape index (κ1) is 10.2. The van der Waals surface area contributed by atoms with E-state index in [1.54, 1.807) is 23.1 Å². The standard InChI is InChI=1S/C6H7N3S.ClH/c1-5(4-7)9-2-3-10-6(9)8;/h2-3,5,8H,1H3;1H. The van der Waals surface area contributed by atoms with Crippen LogP contribution in [0.3, 0.4) is 0 Å². The summed E-state index contributed by atoms with van der Waals surface area (Å²) in [4.78, 5) is 0.425. The summed E-state index contributed by atoms with van der Waals surface area (Å²) in [5, 5.41) is 17.6. The zero-order valence-electron chi connectivity index (χ0n) is 5.94. The zero-order chi connectivity index (χ0) is 7.56. The maximum Gasteiger partial charge on any atom is 0.182 e. The molecule has 0 fully saturated rings. The summed E-state index contributed by atoms with van der Waals surface area (Å²) in [6.45, 7) is 1.77. The second-order valence-corrected chi connectivity index (χ2v) is 2.82. The van der Waals surface area contributed by atoms with Gasteiger partial charge < -0.3 is 4.57 Å². The van der Waals surface area contributed by atoms with Crippen LogP contribution in [0.25, 0.3) is 0 Å². The van der Waals surface area contributed by atoms with Crippen molar-refractivity contribution < 1.29 is 0 Å². The van der Waals surface area contributed by atoms with Gasteiger partial charge in [0.25, 0.3) is 0 Å². The van der Waals surface area contributed by atoms with E-state index in [1.165, 1.54) is 11.3 Å². The molecule has 0 aliphatic rings. The summed E-state index contributed by atoms with van der Waals surface area (Å²) in [5.74, 6) is 0. The number of nitrogens with zero attached hydrogens (tertiary/aromatic N) is 2. The molecular weight excluding hydrogens is 182 g/mol. The molecule has 0 aliphatic carbocycles. The fraction of sp³-hybridized carbons (Fsp3) is 0.333. The Kier molecular flexibility index (Phi) is 3.86. The number of nitrogens with one attached hydrogen (secondary N) is 1. The lowest BCUT2D eigenvalue weighted by atomic mass is 10.4. The van der Waals surface area contributed by atoms with Crippen LogP contribution < -0.4 is 4.80 Å². The molecular formula is C6H8ClN3S. The number of rotatable bonds is 1. The van der Waals surface area contributed by atoms with Crippen LogP contribution in [-0.2, 0) is 0 Å². The third kappa shape index (κ3) is 2.07. The topological polar surface area (TPSA) is 52.6 Å². The van der Waals surface area contributed by atoms with Gasteiger partial charge in [-0.05, 0) is 6.92 Å². The van der Waals surface area contributed by atoms with Crippen LogP contribution in [0.2, 0.25) is 0 Å². The molecule has 1 aromatic heterocycles. The molecule has 0 spiro atoms. The Labute approximate surface area is 74.8 Å². The molecule has 3 nitrogen and oxygen atoms in total. The molecule has 0 radical (unpaired) electrons. The van der Waals surface area contributed by atoms with Gasteiger partial charge in [-0.3, -0.25) is 5.41 Å². The highest BCUT2D eigenvalue weighted by Crippen LogP contribution is 2.00. The summed E-state index contributed by atoms with van der Waals surface area (Å²) in [7, 11) is 0. The highest BCUT2D eigenvalue weighted by Gasteiger charge is 2.00. The maximum absolute atomic E-state index is 8.48. The predicted molar refractivity (Wildman–Crippen MR) is 45.7 cm³/mol. The van der Waals surface area contributed by atoms with Crippen molar-refractivity contribution >= 4 is 23.7 Å². The van der Waals surface area contributed by atoms with Gasteiger partial charge in [-0.25, -0.2) is 0 Å². The Hall–Kier alpha value is -0.790. The lowest BCUT2D eigenvalue weighted by Gasteiger charge is -2.00. The second-order valence-electron chi connectivity index (χ2n) is 1.92. The monoisotopic (exact) mass is 189 g/mol. The quantitative estimate of drug-likeness (QED) is 0.716. The molecule has 1 heterocycles. The fourth-order valence-corrected chi connectivity index (χ4v) is 1.32. The molecule has 0 bridgehead atoms. The van der Waals surface area contributed by atoms with Crippen LogP contribution in [-0.4, -0.2) is 4.57 Å². The van der Waals surface area contributed by atoms with E-state index in [2.05, 4.69) is 6.07 Å². The Bertz CT molecular complexity index is 308. The van der Waals surface area contributed by atoms with Gasteiger partial charge in [0, 0.05) is 11.6 Å². The number of aromatic nitrogens is 1. The number of thiazole rings is 1. The first-order chi connectivity index (χ1) is 4.75. The predicted octanol–water partition coefficient (Wildman–Crippen LogP) is 1.54. The van der Waals surface area contributed by atoms with E-state index in [0.717, 1.165) is 0 Å². The SMILES string of the molecule is CC(C#N)n1ccsc1=N.Cl. The molecule has 1 atom stereocenters. The lowest BCUT2D eigenvalue weighted by Crippen LogP contribution is -2.14. The van der Waals surface area contributed by atoms with Crippen molar-refractivity contribution in [3.05, 3.63) is 16.4 Å². The summed E-state index contributed by atoms with van der Waals surface area (Å²) >= 11 is 1.33. The van der Waals surface area contributed by atoms with Crippen molar-refractivity contribution in [2.45, 2.75) is 13.0 Å². The van der Waals surface area contributed by atoms with Crippen LogP contribution in [0.15, 0.2) is 11.6 Å². The van der Waals surface area contributed by atoms with Gasteiger partial charge in [-0.15, -0.1) is 23.7 Å². The molecule has 60 valence electrons. The Morgan fingerprint density at radius 2 is 2.45 bits per heavy atom. The average molecular weight is 190 g/mol. The van der Waals surface area contributed by atoms with Gasteiger partial charge >= 0.3 is 0 Å². The minimum absolute atomic E-state index is 0. The molecule has 0 aromatic carbocycles. The first-order valence-corrected chi connectivity index (χ1v) is 3.73. The summed E-state index contributed by atoms with van der Waals surface area (Å²) < 4.78 is 1.63. The normalized spacial score (nSPS) is 11.3. The Balaban J connectivity index is 0.000001000. The third-order valence-corrected chi connectivity index (χ3v) is 1.93. The zero-order valence-corrected chi connectivity index (χ0v) is 7.58. The summed E-state index contributed by atoms with van der Waals surface area (Å²) in [5.41, 5.74) is 0. The molecule has 1 N–H and O–H groups in total. The van der Waals surface area contributed by atoms with Crippen molar-refractivity contribution in [3.8, 4) is 6.07 Å². The van der Waals surface area contributed by atoms with Crippen molar-refractivity contribution in [1.29, 1.82) is 10.7 Å². The molecule has 0 saturated heterocycles. The van der Waals surface area contributed by atoms with E-state index in [0.29, 0.717) is 4.80 Å². The van der Waals surface area contributed by atoms with Crippen molar-refractivity contribution in [1.82, 2.24) is 4.57 Å². The molecule has 0 saturated carbocycles. The lowest BCUT2D eigenvalue weighted by molar-refractivity contribution is 0.647. The Morgan fingerprint density at radius 3 is 2.82 bits per heavy atom. The van der Waals surface area contributed by atoms with Crippen molar-refractivity contribution in [2.24, 2.45) is 0 Å². The van der Waals surface area contributed by atoms with Gasteiger partial charge in [-0.1, -0.05) is 0 Å². The minimum atomic E-state index is -0.223. The molecule has 0 aliphatic heterocycles. The summed E-state index contributed by atoms with van der Waals surface area (Å²) in [6.07, 6.45) is 1.75. The molecule has 5 heteroatoms. The number of halogens is 1. The fourth-order valence-electron chi connectivity index (χ4n) is 0.656. The van der Waals surface area contributed by atoms with E-state index in [4.69, 9.17) is 10.7 Å². The number of hydrogen-bond donors (Lipinski definition) is 1. The minimum Gasteiger partial charge on any atom is -0.308 e. The van der Waals surface area contributed by atoms with Gasteiger partial charge in [0.1, 0.15) is 6.04 Å². The largest absolute Gasteiger partial charge is 0.308 e. The van der Waals surface area contributed by atoms with E-state index < -0.39 is 0 Å². The summed E-state index contributed by atoms with van der Waals surface area (Å²) in [6, 6.07) is 1.83. The van der Waals surface area contributed by atoms with E-state index in [1.807, 2.05) is 0 Å².